The number of hydrogen-bond donors (Lipinski definition) is 0. The minimum absolute atomic E-state index is 0.381. The summed E-state index contributed by atoms with van der Waals surface area (Å²) in [4.78, 5) is 6.94. The molecule has 0 aliphatic carbocycles. The van der Waals surface area contributed by atoms with Gasteiger partial charge < -0.3 is 9.47 Å². The molecule has 1 saturated heterocycles. The van der Waals surface area contributed by atoms with Crippen LogP contribution in [-0.2, 0) is 5.88 Å². The Hall–Kier alpha value is -1.57. The van der Waals surface area contributed by atoms with Crippen molar-refractivity contribution in [1.82, 2.24) is 14.5 Å². The molecular formula is C15H17ClN4. The molecule has 2 aromatic rings. The molecule has 5 heteroatoms. The molecule has 1 aromatic heterocycles. The van der Waals surface area contributed by atoms with Gasteiger partial charge in [0.05, 0.1) is 17.0 Å². The highest BCUT2D eigenvalue weighted by molar-refractivity contribution is 6.16. The summed E-state index contributed by atoms with van der Waals surface area (Å²) in [6.07, 6.45) is 2.20. The smallest absolute Gasteiger partial charge is 0.125 e. The van der Waals surface area contributed by atoms with E-state index < -0.39 is 0 Å². The summed E-state index contributed by atoms with van der Waals surface area (Å²) in [5.74, 6) is 1.25. The Kier molecular flexibility index (Phi) is 3.64. The molecule has 0 radical (unpaired) electrons. The Labute approximate surface area is 123 Å². The first-order chi connectivity index (χ1) is 9.74. The molecule has 0 N–H and O–H groups in total. The molecule has 0 atom stereocenters. The van der Waals surface area contributed by atoms with E-state index in [2.05, 4.69) is 27.6 Å². The standard InChI is InChI=1S/C15H17ClN4/c1-19-7-5-12(6-8-19)20-13-4-2-3-11(10-17)15(13)18-14(20)9-16/h2-4,12H,5-9H2,1H3. The van der Waals surface area contributed by atoms with E-state index in [-0.39, 0.29) is 0 Å². The minimum atomic E-state index is 0.381. The van der Waals surface area contributed by atoms with Crippen molar-refractivity contribution >= 4 is 22.6 Å². The van der Waals surface area contributed by atoms with Crippen molar-refractivity contribution in [3.63, 3.8) is 0 Å². The fourth-order valence-corrected chi connectivity index (χ4v) is 3.20. The molecule has 2 heterocycles. The van der Waals surface area contributed by atoms with Crippen LogP contribution in [0.4, 0.5) is 0 Å². The van der Waals surface area contributed by atoms with E-state index in [1.54, 1.807) is 0 Å². The first kappa shape index (κ1) is 13.4. The fraction of sp³-hybridized carbons (Fsp3) is 0.467. The Bertz CT molecular complexity index is 662. The lowest BCUT2D eigenvalue weighted by Gasteiger charge is -2.31. The number of fused-ring (bicyclic) bond motifs is 1. The predicted octanol–water partition coefficient (Wildman–Crippen LogP) is 2.91. The zero-order chi connectivity index (χ0) is 14.1. The second-order valence-electron chi connectivity index (χ2n) is 5.35. The highest BCUT2D eigenvalue weighted by atomic mass is 35.5. The van der Waals surface area contributed by atoms with E-state index in [1.807, 2.05) is 18.2 Å². The summed E-state index contributed by atoms with van der Waals surface area (Å²) in [5, 5.41) is 9.21. The zero-order valence-electron chi connectivity index (χ0n) is 11.5. The topological polar surface area (TPSA) is 44.9 Å². The summed E-state index contributed by atoms with van der Waals surface area (Å²) in [6, 6.07) is 8.42. The van der Waals surface area contributed by atoms with E-state index in [0.717, 1.165) is 42.8 Å². The predicted molar refractivity (Wildman–Crippen MR) is 79.8 cm³/mol. The normalized spacial score (nSPS) is 17.4. The molecule has 3 rings (SSSR count). The summed E-state index contributed by atoms with van der Waals surface area (Å²) in [5.41, 5.74) is 2.44. The van der Waals surface area contributed by atoms with Crippen molar-refractivity contribution in [1.29, 1.82) is 5.26 Å². The van der Waals surface area contributed by atoms with Crippen LogP contribution in [0.2, 0.25) is 0 Å². The molecule has 0 amide bonds. The second-order valence-corrected chi connectivity index (χ2v) is 5.62. The van der Waals surface area contributed by atoms with Crippen LogP contribution in [0.1, 0.15) is 30.3 Å². The van der Waals surface area contributed by atoms with Gasteiger partial charge in [0.25, 0.3) is 0 Å². The lowest BCUT2D eigenvalue weighted by atomic mass is 10.0. The van der Waals surface area contributed by atoms with Crippen LogP contribution < -0.4 is 0 Å². The number of nitrogens with zero attached hydrogens (tertiary/aromatic N) is 4. The van der Waals surface area contributed by atoms with Crippen molar-refractivity contribution in [3.8, 4) is 6.07 Å². The molecule has 1 fully saturated rings. The highest BCUT2D eigenvalue weighted by Gasteiger charge is 2.23. The summed E-state index contributed by atoms with van der Waals surface area (Å²) in [7, 11) is 2.15. The summed E-state index contributed by atoms with van der Waals surface area (Å²) < 4.78 is 2.25. The number of alkyl halides is 1. The number of benzene rings is 1. The number of rotatable bonds is 2. The summed E-state index contributed by atoms with van der Waals surface area (Å²) >= 11 is 6.07. The molecular weight excluding hydrogens is 272 g/mol. The number of nitriles is 1. The average molecular weight is 289 g/mol. The Morgan fingerprint density at radius 1 is 1.40 bits per heavy atom. The largest absolute Gasteiger partial charge is 0.324 e. The molecule has 20 heavy (non-hydrogen) atoms. The SMILES string of the molecule is CN1CCC(n2c(CCl)nc3c(C#N)cccc32)CC1. The molecule has 1 aromatic carbocycles. The van der Waals surface area contributed by atoms with Gasteiger partial charge in [0.2, 0.25) is 0 Å². The maximum atomic E-state index is 9.21. The van der Waals surface area contributed by atoms with E-state index in [9.17, 15) is 5.26 Å². The van der Waals surface area contributed by atoms with E-state index in [4.69, 9.17) is 11.6 Å². The number of aromatic nitrogens is 2. The molecule has 104 valence electrons. The van der Waals surface area contributed by atoms with Crippen LogP contribution >= 0.6 is 11.6 Å². The number of halogens is 1. The monoisotopic (exact) mass is 288 g/mol. The average Bonchev–Trinajstić information content (AvgIpc) is 2.86. The van der Waals surface area contributed by atoms with Gasteiger partial charge in [-0.05, 0) is 45.1 Å². The van der Waals surface area contributed by atoms with E-state index in [1.165, 1.54) is 0 Å². The lowest BCUT2D eigenvalue weighted by Crippen LogP contribution is -2.31. The van der Waals surface area contributed by atoms with Crippen molar-refractivity contribution in [2.75, 3.05) is 20.1 Å². The summed E-state index contributed by atoms with van der Waals surface area (Å²) in [6.45, 7) is 2.17. The molecule has 0 spiro atoms. The van der Waals surface area contributed by atoms with Gasteiger partial charge in [0.15, 0.2) is 0 Å². The van der Waals surface area contributed by atoms with Crippen LogP contribution in [0, 0.1) is 11.3 Å². The fourth-order valence-electron chi connectivity index (χ4n) is 3.01. The quantitative estimate of drug-likeness (QED) is 0.798. The van der Waals surface area contributed by atoms with E-state index >= 15 is 0 Å². The third-order valence-corrected chi connectivity index (χ3v) is 4.33. The van der Waals surface area contributed by atoms with Gasteiger partial charge in [-0.1, -0.05) is 6.07 Å². The minimum Gasteiger partial charge on any atom is -0.324 e. The van der Waals surface area contributed by atoms with Crippen molar-refractivity contribution in [3.05, 3.63) is 29.6 Å². The molecule has 1 aliphatic heterocycles. The number of piperidine rings is 1. The first-order valence-corrected chi connectivity index (χ1v) is 7.42. The Morgan fingerprint density at radius 3 is 2.80 bits per heavy atom. The Balaban J connectivity index is 2.12. The molecule has 0 unspecified atom stereocenters. The lowest BCUT2D eigenvalue weighted by molar-refractivity contribution is 0.222. The third-order valence-electron chi connectivity index (χ3n) is 4.09. The van der Waals surface area contributed by atoms with Crippen LogP contribution in [0.5, 0.6) is 0 Å². The van der Waals surface area contributed by atoms with Crippen LogP contribution in [0.25, 0.3) is 11.0 Å². The van der Waals surface area contributed by atoms with Crippen molar-refractivity contribution in [2.24, 2.45) is 0 Å². The van der Waals surface area contributed by atoms with Crippen molar-refractivity contribution < 1.29 is 0 Å². The number of hydrogen-bond acceptors (Lipinski definition) is 3. The highest BCUT2D eigenvalue weighted by Crippen LogP contribution is 2.30. The molecule has 1 aliphatic rings. The first-order valence-electron chi connectivity index (χ1n) is 6.89. The number of imidazole rings is 1. The zero-order valence-corrected chi connectivity index (χ0v) is 12.3. The number of likely N-dealkylation sites (tertiary alicyclic amines) is 1. The van der Waals surface area contributed by atoms with Gasteiger partial charge >= 0.3 is 0 Å². The number of para-hydroxylation sites is 1. The van der Waals surface area contributed by atoms with Crippen LogP contribution in [0.15, 0.2) is 18.2 Å². The van der Waals surface area contributed by atoms with E-state index in [0.29, 0.717) is 17.5 Å². The Morgan fingerprint density at radius 2 is 2.15 bits per heavy atom. The van der Waals surface area contributed by atoms with Gasteiger partial charge in [0.1, 0.15) is 17.4 Å². The van der Waals surface area contributed by atoms with Gasteiger partial charge in [-0.25, -0.2) is 4.98 Å². The maximum Gasteiger partial charge on any atom is 0.125 e. The molecule has 4 nitrogen and oxygen atoms in total. The van der Waals surface area contributed by atoms with Crippen molar-refractivity contribution in [2.45, 2.75) is 24.8 Å². The van der Waals surface area contributed by atoms with Gasteiger partial charge in [-0.2, -0.15) is 5.26 Å². The van der Waals surface area contributed by atoms with Crippen LogP contribution in [0.3, 0.4) is 0 Å². The second kappa shape index (κ2) is 5.43. The van der Waals surface area contributed by atoms with Crippen LogP contribution in [-0.4, -0.2) is 34.6 Å². The van der Waals surface area contributed by atoms with Gasteiger partial charge in [-0.3, -0.25) is 0 Å². The maximum absolute atomic E-state index is 9.21. The molecule has 0 bridgehead atoms. The van der Waals surface area contributed by atoms with Gasteiger partial charge in [0, 0.05) is 6.04 Å². The third kappa shape index (κ3) is 2.17. The molecule has 0 saturated carbocycles. The van der Waals surface area contributed by atoms with Gasteiger partial charge in [-0.15, -0.1) is 11.6 Å².